The molecule has 2 aromatic carbocycles. The van der Waals surface area contributed by atoms with Crippen LogP contribution in [0, 0.1) is 17.8 Å². The van der Waals surface area contributed by atoms with Crippen LogP contribution in [-0.4, -0.2) is 38.2 Å². The van der Waals surface area contributed by atoms with Crippen molar-refractivity contribution in [3.8, 4) is 11.5 Å². The molecule has 4 atom stereocenters. The number of hydrogen-bond acceptors (Lipinski definition) is 5. The lowest BCUT2D eigenvalue weighted by Gasteiger charge is -2.56. The summed E-state index contributed by atoms with van der Waals surface area (Å²) < 4.78 is 10.7. The minimum atomic E-state index is -0.440. The molecule has 1 heterocycles. The van der Waals surface area contributed by atoms with Gasteiger partial charge in [-0.3, -0.25) is 9.59 Å². The number of hydrogen-bond donors (Lipinski definition) is 3. The summed E-state index contributed by atoms with van der Waals surface area (Å²) in [6, 6.07) is 13.5. The SMILES string of the molecule is COc1ccc(CCNC(=O)[C@@H]2C[C@H]3CC[C@@H]2C[C@@]32NC(=O)c3ccccc3N2)cc1OC. The first-order valence-corrected chi connectivity index (χ1v) is 11.7. The molecule has 3 saturated carbocycles. The van der Waals surface area contributed by atoms with E-state index in [1.807, 2.05) is 42.5 Å². The highest BCUT2D eigenvalue weighted by Crippen LogP contribution is 2.51. The molecule has 3 aliphatic carbocycles. The Morgan fingerprint density at radius 2 is 1.91 bits per heavy atom. The van der Waals surface area contributed by atoms with Crippen LogP contribution in [0.4, 0.5) is 5.69 Å². The fraction of sp³-hybridized carbons (Fsp3) is 0.462. The monoisotopic (exact) mass is 449 g/mol. The summed E-state index contributed by atoms with van der Waals surface area (Å²) >= 11 is 0. The second-order valence-electron chi connectivity index (χ2n) is 9.41. The van der Waals surface area contributed by atoms with E-state index in [0.717, 1.165) is 43.4 Å². The minimum absolute atomic E-state index is 0.00403. The molecule has 7 heteroatoms. The van der Waals surface area contributed by atoms with E-state index >= 15 is 0 Å². The van der Waals surface area contributed by atoms with Crippen molar-refractivity contribution in [1.82, 2.24) is 10.6 Å². The van der Waals surface area contributed by atoms with Gasteiger partial charge in [0.2, 0.25) is 5.91 Å². The average molecular weight is 450 g/mol. The number of rotatable bonds is 6. The van der Waals surface area contributed by atoms with Gasteiger partial charge in [-0.1, -0.05) is 18.2 Å². The van der Waals surface area contributed by atoms with E-state index in [2.05, 4.69) is 16.0 Å². The van der Waals surface area contributed by atoms with Crippen molar-refractivity contribution in [3.05, 3.63) is 53.6 Å². The molecule has 3 fully saturated rings. The first kappa shape index (κ1) is 21.6. The molecule has 1 spiro atoms. The average Bonchev–Trinajstić information content (AvgIpc) is 2.84. The summed E-state index contributed by atoms with van der Waals surface area (Å²) in [6.07, 6.45) is 4.36. The number of carbonyl (C=O) groups is 2. The normalized spacial score (nSPS) is 27.3. The number of ether oxygens (including phenoxy) is 2. The lowest BCUT2D eigenvalue weighted by molar-refractivity contribution is -0.132. The molecule has 2 aromatic rings. The van der Waals surface area contributed by atoms with Crippen molar-refractivity contribution >= 4 is 17.5 Å². The van der Waals surface area contributed by atoms with Gasteiger partial charge in [0.1, 0.15) is 5.66 Å². The highest BCUT2D eigenvalue weighted by atomic mass is 16.5. The molecule has 174 valence electrons. The van der Waals surface area contributed by atoms with Crippen LogP contribution in [0.3, 0.4) is 0 Å². The zero-order valence-electron chi connectivity index (χ0n) is 19.1. The summed E-state index contributed by atoms with van der Waals surface area (Å²) in [4.78, 5) is 25.8. The summed E-state index contributed by atoms with van der Waals surface area (Å²) in [5, 5.41) is 10.0. The summed E-state index contributed by atoms with van der Waals surface area (Å²) in [5.41, 5.74) is 2.23. The Bertz CT molecular complexity index is 1070. The zero-order valence-corrected chi connectivity index (χ0v) is 19.1. The molecule has 0 unspecified atom stereocenters. The van der Waals surface area contributed by atoms with Crippen LogP contribution in [0.2, 0.25) is 0 Å². The van der Waals surface area contributed by atoms with Gasteiger partial charge in [-0.15, -0.1) is 0 Å². The van der Waals surface area contributed by atoms with Gasteiger partial charge in [0.25, 0.3) is 5.91 Å². The summed E-state index contributed by atoms with van der Waals surface area (Å²) in [5.74, 6) is 1.99. The highest BCUT2D eigenvalue weighted by Gasteiger charge is 2.55. The second-order valence-corrected chi connectivity index (χ2v) is 9.41. The van der Waals surface area contributed by atoms with E-state index in [0.29, 0.717) is 23.6 Å². The van der Waals surface area contributed by atoms with E-state index < -0.39 is 5.66 Å². The number of fused-ring (bicyclic) bond motifs is 3. The van der Waals surface area contributed by atoms with Gasteiger partial charge >= 0.3 is 0 Å². The molecular weight excluding hydrogens is 418 g/mol. The number of methoxy groups -OCH3 is 2. The molecule has 2 bridgehead atoms. The Morgan fingerprint density at radius 3 is 2.67 bits per heavy atom. The third-order valence-electron chi connectivity index (χ3n) is 7.64. The highest BCUT2D eigenvalue weighted by molar-refractivity contribution is 6.02. The first-order chi connectivity index (χ1) is 16.0. The first-order valence-electron chi connectivity index (χ1n) is 11.7. The number of nitrogens with one attached hydrogen (secondary N) is 3. The lowest BCUT2D eigenvalue weighted by Crippen LogP contribution is -2.68. The summed E-state index contributed by atoms with van der Waals surface area (Å²) in [6.45, 7) is 0.579. The van der Waals surface area contributed by atoms with E-state index in [1.54, 1.807) is 14.2 Å². The van der Waals surface area contributed by atoms with Crippen LogP contribution in [-0.2, 0) is 11.2 Å². The van der Waals surface area contributed by atoms with Gasteiger partial charge in [0.05, 0.1) is 19.8 Å². The second kappa shape index (κ2) is 8.61. The summed E-state index contributed by atoms with van der Waals surface area (Å²) in [7, 11) is 3.24. The Kier molecular flexibility index (Phi) is 5.64. The largest absolute Gasteiger partial charge is 0.493 e. The van der Waals surface area contributed by atoms with Crippen LogP contribution in [0.15, 0.2) is 42.5 Å². The molecule has 3 N–H and O–H groups in total. The Morgan fingerprint density at radius 1 is 1.09 bits per heavy atom. The zero-order chi connectivity index (χ0) is 23.0. The Labute approximate surface area is 194 Å². The third-order valence-corrected chi connectivity index (χ3v) is 7.64. The predicted molar refractivity (Wildman–Crippen MR) is 125 cm³/mol. The van der Waals surface area contributed by atoms with E-state index in [4.69, 9.17) is 9.47 Å². The van der Waals surface area contributed by atoms with Crippen LogP contribution >= 0.6 is 0 Å². The molecule has 1 aliphatic heterocycles. The molecule has 33 heavy (non-hydrogen) atoms. The lowest BCUT2D eigenvalue weighted by atomic mass is 9.58. The smallest absolute Gasteiger partial charge is 0.255 e. The standard InChI is InChI=1S/C26H31N3O4/c1-32-22-10-7-16(13-23(22)33-2)11-12-27-24(30)20-14-18-9-8-17(20)15-26(18)28-21-6-4-3-5-19(21)25(31)29-26/h3-7,10,13,17-18,20,28H,8-9,11-12,14-15H2,1-2H3,(H,27,30)(H,29,31)/t17-,18-,20-,26-/m1/s1. The Hall–Kier alpha value is -3.22. The van der Waals surface area contributed by atoms with Crippen molar-refractivity contribution in [2.45, 2.75) is 37.8 Å². The number of benzene rings is 2. The maximum Gasteiger partial charge on any atom is 0.255 e. The maximum absolute atomic E-state index is 13.1. The van der Waals surface area contributed by atoms with Gasteiger partial charge in [0, 0.05) is 24.1 Å². The van der Waals surface area contributed by atoms with Crippen LogP contribution < -0.4 is 25.4 Å². The molecule has 0 aromatic heterocycles. The van der Waals surface area contributed by atoms with Crippen molar-refractivity contribution in [1.29, 1.82) is 0 Å². The molecular formula is C26H31N3O4. The molecule has 7 nitrogen and oxygen atoms in total. The van der Waals surface area contributed by atoms with Gasteiger partial charge in [-0.05, 0) is 67.9 Å². The quantitative estimate of drug-likeness (QED) is 0.630. The molecule has 0 radical (unpaired) electrons. The molecule has 0 saturated heterocycles. The van der Waals surface area contributed by atoms with Gasteiger partial charge in [-0.25, -0.2) is 0 Å². The van der Waals surface area contributed by atoms with Crippen LogP contribution in [0.5, 0.6) is 11.5 Å². The van der Waals surface area contributed by atoms with Crippen molar-refractivity contribution in [3.63, 3.8) is 0 Å². The number of carbonyl (C=O) groups excluding carboxylic acids is 2. The fourth-order valence-electron chi connectivity index (χ4n) is 5.96. The maximum atomic E-state index is 13.1. The van der Waals surface area contributed by atoms with E-state index in [9.17, 15) is 9.59 Å². The van der Waals surface area contributed by atoms with Crippen LogP contribution in [0.25, 0.3) is 0 Å². The van der Waals surface area contributed by atoms with Gasteiger partial charge in [-0.2, -0.15) is 0 Å². The number of anilines is 1. The molecule has 6 rings (SSSR count). The minimum Gasteiger partial charge on any atom is -0.493 e. The predicted octanol–water partition coefficient (Wildman–Crippen LogP) is 3.35. The number of amides is 2. The van der Waals surface area contributed by atoms with E-state index in [-0.39, 0.29) is 29.6 Å². The third kappa shape index (κ3) is 3.90. The Balaban J connectivity index is 1.21. The van der Waals surface area contributed by atoms with Crippen LogP contribution in [0.1, 0.15) is 41.6 Å². The van der Waals surface area contributed by atoms with Crippen molar-refractivity contribution < 1.29 is 19.1 Å². The van der Waals surface area contributed by atoms with E-state index in [1.165, 1.54) is 0 Å². The van der Waals surface area contributed by atoms with Crippen molar-refractivity contribution in [2.75, 3.05) is 26.1 Å². The van der Waals surface area contributed by atoms with Crippen molar-refractivity contribution in [2.24, 2.45) is 17.8 Å². The number of para-hydroxylation sites is 1. The topological polar surface area (TPSA) is 88.7 Å². The van der Waals surface area contributed by atoms with Gasteiger partial charge < -0.3 is 25.4 Å². The molecule has 2 amide bonds. The fourth-order valence-corrected chi connectivity index (χ4v) is 5.96. The molecule has 4 aliphatic rings. The van der Waals surface area contributed by atoms with Gasteiger partial charge in [0.15, 0.2) is 11.5 Å².